The van der Waals surface area contributed by atoms with Gasteiger partial charge in [-0.25, -0.2) is 0 Å². The summed E-state index contributed by atoms with van der Waals surface area (Å²) in [7, 11) is 1.24. The van der Waals surface area contributed by atoms with Crippen molar-refractivity contribution >= 4 is 29.8 Å². The molecule has 39 atom stereocenters. The van der Waals surface area contributed by atoms with Gasteiger partial charge in [0, 0.05) is 0 Å². The van der Waals surface area contributed by atoms with Crippen molar-refractivity contribution in [2.45, 2.75) is 375 Å². The maximum atomic E-state index is 14.0. The zero-order valence-corrected chi connectivity index (χ0v) is 63.9. The summed E-state index contributed by atoms with van der Waals surface area (Å²) >= 11 is 0. The van der Waals surface area contributed by atoms with E-state index in [0.29, 0.717) is 51.4 Å². The van der Waals surface area contributed by atoms with Gasteiger partial charge in [0.2, 0.25) is 0 Å². The van der Waals surface area contributed by atoms with E-state index in [-0.39, 0.29) is 12.8 Å². The fourth-order valence-corrected chi connectivity index (χ4v) is 13.0. The first-order valence-electron chi connectivity index (χ1n) is 37.7. The smallest absolute Gasteiger partial charge is 0.312 e. The van der Waals surface area contributed by atoms with Crippen LogP contribution in [-0.2, 0) is 104 Å². The molecule has 628 valence electrons. The molecule has 39 unspecified atom stereocenters. The van der Waals surface area contributed by atoms with Crippen LogP contribution in [0.1, 0.15) is 161 Å². The van der Waals surface area contributed by atoms with Gasteiger partial charge in [-0.15, -0.1) is 0 Å². The Bertz CT molecular complexity index is 2720. The lowest BCUT2D eigenvalue weighted by Gasteiger charge is -2.50. The summed E-state index contributed by atoms with van der Waals surface area (Å²) in [6.07, 6.45) is -53.5. The van der Waals surface area contributed by atoms with E-state index < -0.39 is 281 Å². The van der Waals surface area contributed by atoms with Gasteiger partial charge in [-0.1, -0.05) is 59.3 Å². The minimum absolute atomic E-state index is 0.136. The molecule has 6 heterocycles. The highest BCUT2D eigenvalue weighted by atomic mass is 16.8. The molecule has 6 saturated heterocycles. The summed E-state index contributed by atoms with van der Waals surface area (Å²) in [5.74, 6) is -8.21. The summed E-state index contributed by atoms with van der Waals surface area (Å²) < 4.78 is 102. The normalized spacial score (nSPS) is 40.0. The molecule has 37 heteroatoms. The topological polar surface area (TPSA) is 546 Å². The molecule has 0 bridgehead atoms. The van der Waals surface area contributed by atoms with Gasteiger partial charge < -0.3 is 157 Å². The summed E-state index contributed by atoms with van der Waals surface area (Å²) in [6.45, 7) is 17.3. The third kappa shape index (κ3) is 24.2. The second kappa shape index (κ2) is 43.1. The second-order valence-corrected chi connectivity index (χ2v) is 29.6. The van der Waals surface area contributed by atoms with Gasteiger partial charge in [-0.2, -0.15) is 0 Å². The van der Waals surface area contributed by atoms with Crippen molar-refractivity contribution in [3.8, 4) is 0 Å². The Morgan fingerprint density at radius 1 is 0.407 bits per heavy atom. The Morgan fingerprint density at radius 2 is 0.861 bits per heavy atom. The molecule has 108 heavy (non-hydrogen) atoms. The first kappa shape index (κ1) is 93.1. The fourth-order valence-electron chi connectivity index (χ4n) is 13.0. The summed E-state index contributed by atoms with van der Waals surface area (Å²) in [4.78, 5) is 65.2. The highest BCUT2D eigenvalue weighted by Gasteiger charge is 2.59. The Morgan fingerprint density at radius 3 is 1.45 bits per heavy atom. The number of rotatable bonds is 38. The van der Waals surface area contributed by atoms with Gasteiger partial charge in [-0.05, 0) is 94.9 Å². The SMILES string of the molecule is CCCC(CCCCCCCC(O)CC(=O)OC)OC1OC(COC2OC(C)C(OC(=O)C(C)C(C)O)C(O)C2O)C(O)C(O)C1OC1OC(CO)C(O)C(O)C1OC1OC(C)C(OC2OC(C)C(OC(=O)C(C)C(C)OC(=O)C(C)C(C)O)C(OC3OC(C)C(O)C(O)C3O)C2O)C(OC(=O)C(C)CC)C1O. The van der Waals surface area contributed by atoms with Crippen molar-refractivity contribution in [2.24, 2.45) is 23.7 Å². The lowest BCUT2D eigenvalue weighted by atomic mass is 9.95. The monoisotopic (exact) mass is 1570 g/mol. The first-order chi connectivity index (χ1) is 50.8. The van der Waals surface area contributed by atoms with E-state index in [0.717, 1.165) is 6.42 Å². The van der Waals surface area contributed by atoms with Crippen LogP contribution in [0.5, 0.6) is 0 Å². The van der Waals surface area contributed by atoms with Crippen LogP contribution in [0.3, 0.4) is 0 Å². The van der Waals surface area contributed by atoms with E-state index in [1.807, 2.05) is 6.92 Å². The van der Waals surface area contributed by atoms with Gasteiger partial charge in [0.1, 0.15) is 110 Å². The van der Waals surface area contributed by atoms with E-state index in [9.17, 15) is 101 Å². The molecule has 6 rings (SSSR count). The number of esters is 5. The Balaban J connectivity index is 1.28. The lowest BCUT2D eigenvalue weighted by molar-refractivity contribution is -0.403. The van der Waals surface area contributed by atoms with E-state index in [1.165, 1.54) is 83.3 Å². The number of hydrogen-bond acceptors (Lipinski definition) is 37. The van der Waals surface area contributed by atoms with E-state index in [4.69, 9.17) is 75.8 Å². The molecule has 0 spiro atoms. The van der Waals surface area contributed by atoms with Crippen molar-refractivity contribution in [3.05, 3.63) is 0 Å². The van der Waals surface area contributed by atoms with Crippen LogP contribution in [0.4, 0.5) is 0 Å². The minimum Gasteiger partial charge on any atom is -0.469 e. The molecule has 0 saturated carbocycles. The van der Waals surface area contributed by atoms with Crippen LogP contribution in [0.25, 0.3) is 0 Å². The first-order valence-corrected chi connectivity index (χ1v) is 37.7. The van der Waals surface area contributed by atoms with E-state index in [2.05, 4.69) is 4.74 Å². The Hall–Kier alpha value is -3.73. The number of aliphatic hydroxyl groups is 15. The number of hydrogen-bond donors (Lipinski definition) is 15. The number of ether oxygens (including phenoxy) is 17. The molecule has 0 aromatic rings. The molecule has 0 aromatic carbocycles. The van der Waals surface area contributed by atoms with Crippen LogP contribution in [0, 0.1) is 23.7 Å². The molecule has 6 aliphatic heterocycles. The van der Waals surface area contributed by atoms with Gasteiger partial charge in [0.15, 0.2) is 56.1 Å². The summed E-state index contributed by atoms with van der Waals surface area (Å²) in [6, 6.07) is 0. The third-order valence-corrected chi connectivity index (χ3v) is 21.1. The Kier molecular flexibility index (Phi) is 37.2. The molecule has 0 aromatic heterocycles. The standard InChI is InChI=1S/C71H122O37/c1-15-22-40(24-21-19-17-18-20-23-39(75)25-43(76)92-14)99-70-60(49(82)46(79)42(101-70)27-93-66-52(85)50(83)55(36(11)96-66)102-64(90)30(5)33(8)74)108-71-61(48(81)45(78)41(26-72)100-71)107-69-53(86)58(104-62(88)28(3)16-2)57(38(13)98-69)105-68-54(87)59(106-67-51(84)47(80)44(77)35(10)95-67)56(37(12)97-68)103-65(91)31(6)34(9)94-63(89)29(4)32(7)73/h28-42,44-61,66-75,77-87H,15-27H2,1-14H3. The minimum atomic E-state index is -2.19. The predicted molar refractivity (Wildman–Crippen MR) is 364 cm³/mol. The van der Waals surface area contributed by atoms with Crippen molar-refractivity contribution < 1.29 is 181 Å². The Labute approximate surface area is 628 Å². The van der Waals surface area contributed by atoms with Crippen LogP contribution in [0.2, 0.25) is 0 Å². The molecule has 37 nitrogen and oxygen atoms in total. The molecule has 6 aliphatic rings. The lowest BCUT2D eigenvalue weighted by Crippen LogP contribution is -2.68. The number of carbonyl (C=O) groups excluding carboxylic acids is 5. The van der Waals surface area contributed by atoms with Crippen LogP contribution in [-0.4, -0.2) is 342 Å². The highest BCUT2D eigenvalue weighted by Crippen LogP contribution is 2.39. The van der Waals surface area contributed by atoms with Crippen molar-refractivity contribution in [1.82, 2.24) is 0 Å². The molecular weight excluding hydrogens is 1440 g/mol. The van der Waals surface area contributed by atoms with Crippen LogP contribution < -0.4 is 0 Å². The number of methoxy groups -OCH3 is 1. The predicted octanol–water partition coefficient (Wildman–Crippen LogP) is -2.84. The van der Waals surface area contributed by atoms with Crippen LogP contribution >= 0.6 is 0 Å². The molecule has 15 N–H and O–H groups in total. The van der Waals surface area contributed by atoms with Gasteiger partial charge in [0.05, 0.1) is 99.2 Å². The quantitative estimate of drug-likeness (QED) is 0.0168. The molecule has 0 amide bonds. The van der Waals surface area contributed by atoms with Gasteiger partial charge in [0.25, 0.3) is 0 Å². The largest absolute Gasteiger partial charge is 0.469 e. The molecule has 0 radical (unpaired) electrons. The number of unbranched alkanes of at least 4 members (excludes halogenated alkanes) is 4. The van der Waals surface area contributed by atoms with Crippen molar-refractivity contribution in [2.75, 3.05) is 20.3 Å². The van der Waals surface area contributed by atoms with Crippen LogP contribution in [0.15, 0.2) is 0 Å². The van der Waals surface area contributed by atoms with E-state index in [1.54, 1.807) is 6.92 Å². The molecule has 0 aliphatic carbocycles. The van der Waals surface area contributed by atoms with Crippen molar-refractivity contribution in [3.63, 3.8) is 0 Å². The fraction of sp³-hybridized carbons (Fsp3) is 0.930. The van der Waals surface area contributed by atoms with Gasteiger partial charge in [-0.3, -0.25) is 24.0 Å². The molecular formula is C71H122O37. The number of carbonyl (C=O) groups is 5. The second-order valence-electron chi connectivity index (χ2n) is 29.6. The van der Waals surface area contributed by atoms with Gasteiger partial charge >= 0.3 is 29.8 Å². The summed E-state index contributed by atoms with van der Waals surface area (Å²) in [5.41, 5.74) is 0. The van der Waals surface area contributed by atoms with Crippen molar-refractivity contribution in [1.29, 1.82) is 0 Å². The zero-order valence-electron chi connectivity index (χ0n) is 63.9. The summed E-state index contributed by atoms with van der Waals surface area (Å²) in [5, 5.41) is 168. The zero-order chi connectivity index (χ0) is 80.6. The maximum absolute atomic E-state index is 14.0. The third-order valence-electron chi connectivity index (χ3n) is 21.1. The highest BCUT2D eigenvalue weighted by molar-refractivity contribution is 5.76. The molecule has 6 fully saturated rings. The average Bonchev–Trinajstić information content (AvgIpc) is 0.770. The van der Waals surface area contributed by atoms with E-state index >= 15 is 0 Å². The maximum Gasteiger partial charge on any atom is 0.312 e. The average molecular weight is 1570 g/mol. The number of aliphatic hydroxyl groups excluding tert-OH is 15.